The molecule has 51 heavy (non-hydrogen) atoms. The Kier molecular flexibility index (Phi) is 15.2. The van der Waals surface area contributed by atoms with Gasteiger partial charge in [-0.3, -0.25) is 9.59 Å². The van der Waals surface area contributed by atoms with Crippen molar-refractivity contribution in [3.63, 3.8) is 0 Å². The quantitative estimate of drug-likeness (QED) is 0.118. The van der Waals surface area contributed by atoms with Gasteiger partial charge in [0.25, 0.3) is 11.8 Å². The van der Waals surface area contributed by atoms with E-state index in [1.54, 1.807) is 4.90 Å². The molecule has 280 valence electrons. The Hall–Kier alpha value is -3.75. The minimum atomic E-state index is -4.35. The minimum absolute atomic E-state index is 0.00400. The van der Waals surface area contributed by atoms with E-state index >= 15 is 0 Å². The highest BCUT2D eigenvalue weighted by atomic mass is 32.2. The lowest BCUT2D eigenvalue weighted by molar-refractivity contribution is 0.0755. The Labute approximate surface area is 300 Å². The van der Waals surface area contributed by atoms with Crippen molar-refractivity contribution in [3.05, 3.63) is 100 Å². The molecule has 0 saturated heterocycles. The molecule has 0 fully saturated rings. The van der Waals surface area contributed by atoms with Crippen LogP contribution in [-0.4, -0.2) is 79.3 Å². The summed E-state index contributed by atoms with van der Waals surface area (Å²) in [7, 11) is -4.35. The molecule has 3 aromatic carbocycles. The minimum Gasteiger partial charge on any atom is -0.394 e. The number of hydrogen-bond donors (Lipinski definition) is 5. The van der Waals surface area contributed by atoms with Gasteiger partial charge >= 0.3 is 0 Å². The second-order valence-corrected chi connectivity index (χ2v) is 15.5. The summed E-state index contributed by atoms with van der Waals surface area (Å²) in [6, 6.07) is 13.4. The molecular formula is C38H52F2N4O6S. The lowest BCUT2D eigenvalue weighted by Crippen LogP contribution is -2.49. The lowest BCUT2D eigenvalue weighted by atomic mass is 9.99. The van der Waals surface area contributed by atoms with E-state index in [-0.39, 0.29) is 34.6 Å². The molecule has 2 atom stereocenters. The molecule has 0 aromatic heterocycles. The third kappa shape index (κ3) is 12.5. The van der Waals surface area contributed by atoms with Crippen LogP contribution in [0, 0.1) is 11.6 Å². The van der Waals surface area contributed by atoms with Gasteiger partial charge in [0, 0.05) is 43.4 Å². The van der Waals surface area contributed by atoms with Crippen LogP contribution in [0.25, 0.3) is 0 Å². The number of amides is 2. The van der Waals surface area contributed by atoms with Crippen LogP contribution < -0.4 is 15.4 Å². The number of sulfonamides is 1. The zero-order valence-electron chi connectivity index (χ0n) is 30.3. The van der Waals surface area contributed by atoms with Crippen molar-refractivity contribution < 1.29 is 37.0 Å². The number of nitrogens with zero attached hydrogens (tertiary/aromatic N) is 1. The predicted octanol–water partition coefficient (Wildman–Crippen LogP) is 4.89. The van der Waals surface area contributed by atoms with Crippen molar-refractivity contribution in [3.8, 4) is 0 Å². The Balaban J connectivity index is 1.99. The third-order valence-corrected chi connectivity index (χ3v) is 9.94. The standard InChI is InChI=1S/C38H52F2N4O6S/c1-7-12-44(13-8-2)37(48)30-18-29(19-33(20-30)51(49,50)43-38(5,6)24-45)36(47)42-34(17-27-15-31(39)21-32(40)16-27)35(46)23-41-22-26-10-9-11-28(14-26)25(3)4/h9-11,14-16,18-21,25,34-35,41,43,45-46H,7-8,12-13,17,22-24H2,1-6H3,(H,42,47)/t34-,35+/m0/s1. The van der Waals surface area contributed by atoms with Crippen LogP contribution in [-0.2, 0) is 23.0 Å². The summed E-state index contributed by atoms with van der Waals surface area (Å²) < 4.78 is 57.8. The molecule has 5 N–H and O–H groups in total. The van der Waals surface area contributed by atoms with E-state index in [0.717, 1.165) is 35.4 Å². The molecule has 0 saturated carbocycles. The summed E-state index contributed by atoms with van der Waals surface area (Å²) in [4.78, 5) is 28.8. The molecule has 13 heteroatoms. The van der Waals surface area contributed by atoms with E-state index in [0.29, 0.717) is 38.4 Å². The van der Waals surface area contributed by atoms with Gasteiger partial charge in [-0.15, -0.1) is 0 Å². The maximum absolute atomic E-state index is 14.2. The lowest BCUT2D eigenvalue weighted by Gasteiger charge is -2.26. The number of aliphatic hydroxyl groups is 2. The summed E-state index contributed by atoms with van der Waals surface area (Å²) in [5.41, 5.74) is 0.834. The summed E-state index contributed by atoms with van der Waals surface area (Å²) in [6.45, 7) is 11.6. The average molecular weight is 731 g/mol. The van der Waals surface area contributed by atoms with Gasteiger partial charge in [0.1, 0.15) is 11.6 Å². The van der Waals surface area contributed by atoms with E-state index in [1.807, 2.05) is 32.0 Å². The smallest absolute Gasteiger partial charge is 0.253 e. The highest BCUT2D eigenvalue weighted by Gasteiger charge is 2.29. The monoisotopic (exact) mass is 730 g/mol. The summed E-state index contributed by atoms with van der Waals surface area (Å²) in [5.74, 6) is -2.61. The van der Waals surface area contributed by atoms with Gasteiger partial charge in [-0.1, -0.05) is 52.0 Å². The number of nitrogens with one attached hydrogen (secondary N) is 3. The molecule has 0 aliphatic carbocycles. The first-order valence-electron chi connectivity index (χ1n) is 17.3. The van der Waals surface area contributed by atoms with Gasteiger partial charge in [0.05, 0.1) is 29.2 Å². The molecule has 0 aliphatic rings. The van der Waals surface area contributed by atoms with Crippen molar-refractivity contribution in [2.75, 3.05) is 26.2 Å². The largest absolute Gasteiger partial charge is 0.394 e. The van der Waals surface area contributed by atoms with E-state index < -0.39 is 57.8 Å². The van der Waals surface area contributed by atoms with Crippen LogP contribution in [0.15, 0.2) is 65.6 Å². The number of carbonyl (C=O) groups is 2. The number of halogens is 2. The van der Waals surface area contributed by atoms with Crippen LogP contribution in [0.4, 0.5) is 8.78 Å². The second kappa shape index (κ2) is 18.7. The van der Waals surface area contributed by atoms with Crippen LogP contribution in [0.2, 0.25) is 0 Å². The molecule has 0 spiro atoms. The first kappa shape index (κ1) is 41.7. The van der Waals surface area contributed by atoms with Crippen LogP contribution >= 0.6 is 0 Å². The van der Waals surface area contributed by atoms with E-state index in [4.69, 9.17) is 0 Å². The first-order valence-corrected chi connectivity index (χ1v) is 18.8. The molecular weight excluding hydrogens is 679 g/mol. The van der Waals surface area contributed by atoms with E-state index in [1.165, 1.54) is 26.0 Å². The fourth-order valence-corrected chi connectivity index (χ4v) is 7.06. The maximum atomic E-state index is 14.2. The Morgan fingerprint density at radius 1 is 0.902 bits per heavy atom. The number of rotatable bonds is 19. The summed E-state index contributed by atoms with van der Waals surface area (Å²) in [5, 5.41) is 27.0. The number of carbonyl (C=O) groups excluding carboxylic acids is 2. The van der Waals surface area contributed by atoms with Crippen molar-refractivity contribution in [2.45, 2.75) is 95.8 Å². The average Bonchev–Trinajstić information content (AvgIpc) is 3.06. The van der Waals surface area contributed by atoms with Gasteiger partial charge < -0.3 is 25.7 Å². The molecule has 2 amide bonds. The Bertz CT molecular complexity index is 1730. The Morgan fingerprint density at radius 3 is 2.12 bits per heavy atom. The molecule has 0 bridgehead atoms. The van der Waals surface area contributed by atoms with Gasteiger partial charge in [-0.25, -0.2) is 21.9 Å². The zero-order chi connectivity index (χ0) is 37.9. The van der Waals surface area contributed by atoms with Crippen molar-refractivity contribution in [1.82, 2.24) is 20.3 Å². The molecule has 0 heterocycles. The zero-order valence-corrected chi connectivity index (χ0v) is 31.1. The SMILES string of the molecule is CCCN(CCC)C(=O)c1cc(C(=O)N[C@@H](Cc2cc(F)cc(F)c2)[C@H](O)CNCc2cccc(C(C)C)c2)cc(S(=O)(=O)NC(C)(C)CO)c1. The van der Waals surface area contributed by atoms with Gasteiger partial charge in [0.2, 0.25) is 10.0 Å². The van der Waals surface area contributed by atoms with E-state index in [2.05, 4.69) is 35.3 Å². The molecule has 3 rings (SSSR count). The second-order valence-electron chi connectivity index (χ2n) is 13.8. The highest BCUT2D eigenvalue weighted by molar-refractivity contribution is 7.89. The fourth-order valence-electron chi connectivity index (χ4n) is 5.59. The van der Waals surface area contributed by atoms with Gasteiger partial charge in [0.15, 0.2) is 0 Å². The fraction of sp³-hybridized carbons (Fsp3) is 0.474. The van der Waals surface area contributed by atoms with Crippen molar-refractivity contribution in [2.24, 2.45) is 0 Å². The maximum Gasteiger partial charge on any atom is 0.253 e. The summed E-state index contributed by atoms with van der Waals surface area (Å²) in [6.07, 6.45) is -0.108. The predicted molar refractivity (Wildman–Crippen MR) is 194 cm³/mol. The van der Waals surface area contributed by atoms with Crippen molar-refractivity contribution >= 4 is 21.8 Å². The van der Waals surface area contributed by atoms with Crippen LogP contribution in [0.1, 0.15) is 97.7 Å². The molecule has 0 aliphatic heterocycles. The van der Waals surface area contributed by atoms with Gasteiger partial charge in [-0.2, -0.15) is 0 Å². The van der Waals surface area contributed by atoms with Gasteiger partial charge in [-0.05, 0) is 86.1 Å². The Morgan fingerprint density at radius 2 is 1.53 bits per heavy atom. The molecule has 0 unspecified atom stereocenters. The highest BCUT2D eigenvalue weighted by Crippen LogP contribution is 2.21. The normalized spacial score (nSPS) is 13.2. The first-order chi connectivity index (χ1) is 24.0. The molecule has 3 aromatic rings. The summed E-state index contributed by atoms with van der Waals surface area (Å²) >= 11 is 0. The molecule has 10 nitrogen and oxygen atoms in total. The number of benzene rings is 3. The third-order valence-electron chi connectivity index (χ3n) is 8.27. The number of hydrogen-bond acceptors (Lipinski definition) is 7. The van der Waals surface area contributed by atoms with Crippen LogP contribution in [0.3, 0.4) is 0 Å². The number of aliphatic hydroxyl groups excluding tert-OH is 2. The van der Waals surface area contributed by atoms with E-state index in [9.17, 15) is 37.0 Å². The van der Waals surface area contributed by atoms with Crippen LogP contribution in [0.5, 0.6) is 0 Å². The molecule has 0 radical (unpaired) electrons. The van der Waals surface area contributed by atoms with Crippen molar-refractivity contribution in [1.29, 1.82) is 0 Å². The topological polar surface area (TPSA) is 148 Å².